The summed E-state index contributed by atoms with van der Waals surface area (Å²) in [4.78, 5) is 27.3. The highest BCUT2D eigenvalue weighted by Crippen LogP contribution is 2.13. The SMILES string of the molecule is CC(C)NC(=O)N1CCN(C(=O)c2ccc(F)c(F)c2)CC1. The van der Waals surface area contributed by atoms with Gasteiger partial charge in [-0.1, -0.05) is 0 Å². The van der Waals surface area contributed by atoms with Gasteiger partial charge in [0.1, 0.15) is 0 Å². The fraction of sp³-hybridized carbons (Fsp3) is 0.467. The first kappa shape index (κ1) is 16.2. The molecule has 1 aliphatic heterocycles. The average molecular weight is 311 g/mol. The summed E-state index contributed by atoms with van der Waals surface area (Å²) in [7, 11) is 0. The maximum absolute atomic E-state index is 13.2. The van der Waals surface area contributed by atoms with Crippen molar-refractivity contribution in [1.29, 1.82) is 0 Å². The second-order valence-electron chi connectivity index (χ2n) is 5.51. The van der Waals surface area contributed by atoms with Crippen LogP contribution in [0.2, 0.25) is 0 Å². The van der Waals surface area contributed by atoms with Crippen molar-refractivity contribution in [1.82, 2.24) is 15.1 Å². The Balaban J connectivity index is 1.95. The maximum atomic E-state index is 13.2. The van der Waals surface area contributed by atoms with Gasteiger partial charge in [-0.05, 0) is 32.0 Å². The second kappa shape index (κ2) is 6.72. The summed E-state index contributed by atoms with van der Waals surface area (Å²) < 4.78 is 26.1. The predicted molar refractivity (Wildman–Crippen MR) is 77.5 cm³/mol. The lowest BCUT2D eigenvalue weighted by Gasteiger charge is -2.35. The van der Waals surface area contributed by atoms with Gasteiger partial charge in [-0.25, -0.2) is 13.6 Å². The zero-order valence-corrected chi connectivity index (χ0v) is 12.6. The van der Waals surface area contributed by atoms with Gasteiger partial charge >= 0.3 is 6.03 Å². The fourth-order valence-corrected chi connectivity index (χ4v) is 2.26. The number of carbonyl (C=O) groups excluding carboxylic acids is 2. The number of piperazine rings is 1. The first-order valence-corrected chi connectivity index (χ1v) is 7.18. The molecule has 3 amide bonds. The van der Waals surface area contributed by atoms with Crippen molar-refractivity contribution in [2.75, 3.05) is 26.2 Å². The van der Waals surface area contributed by atoms with Crippen LogP contribution in [0.25, 0.3) is 0 Å². The monoisotopic (exact) mass is 311 g/mol. The summed E-state index contributed by atoms with van der Waals surface area (Å²) in [5.41, 5.74) is 0.110. The topological polar surface area (TPSA) is 52.7 Å². The fourth-order valence-electron chi connectivity index (χ4n) is 2.26. The number of benzene rings is 1. The Labute approximate surface area is 127 Å². The standard InChI is InChI=1S/C15H19F2N3O2/c1-10(2)18-15(22)20-7-5-19(6-8-20)14(21)11-3-4-12(16)13(17)9-11/h3-4,9-10H,5-8H2,1-2H3,(H,18,22). The van der Waals surface area contributed by atoms with E-state index in [0.717, 1.165) is 12.1 Å². The Morgan fingerprint density at radius 2 is 1.64 bits per heavy atom. The van der Waals surface area contributed by atoms with Crippen LogP contribution >= 0.6 is 0 Å². The van der Waals surface area contributed by atoms with E-state index in [0.29, 0.717) is 26.2 Å². The first-order chi connectivity index (χ1) is 10.4. The summed E-state index contributed by atoms with van der Waals surface area (Å²) in [6.45, 7) is 5.30. The molecule has 1 fully saturated rings. The Bertz CT molecular complexity index is 570. The molecule has 0 aromatic heterocycles. The van der Waals surface area contributed by atoms with Crippen molar-refractivity contribution in [3.05, 3.63) is 35.4 Å². The van der Waals surface area contributed by atoms with Gasteiger partial charge in [0.2, 0.25) is 0 Å². The molecule has 1 N–H and O–H groups in total. The minimum absolute atomic E-state index is 0.0503. The molecule has 1 saturated heterocycles. The number of halogens is 2. The summed E-state index contributed by atoms with van der Waals surface area (Å²) in [6, 6.07) is 2.99. The minimum atomic E-state index is -1.04. The van der Waals surface area contributed by atoms with Crippen LogP contribution in [0.5, 0.6) is 0 Å². The van der Waals surface area contributed by atoms with Gasteiger partial charge in [0.05, 0.1) is 0 Å². The smallest absolute Gasteiger partial charge is 0.317 e. The van der Waals surface area contributed by atoms with Crippen LogP contribution in [0.4, 0.5) is 13.6 Å². The van der Waals surface area contributed by atoms with Gasteiger partial charge in [0.15, 0.2) is 11.6 Å². The summed E-state index contributed by atoms with van der Waals surface area (Å²) in [5, 5.41) is 2.79. The van der Waals surface area contributed by atoms with Crippen molar-refractivity contribution in [2.24, 2.45) is 0 Å². The van der Waals surface area contributed by atoms with E-state index in [9.17, 15) is 18.4 Å². The number of urea groups is 1. The summed E-state index contributed by atoms with van der Waals surface area (Å²) in [6.07, 6.45) is 0. The number of amides is 3. The van der Waals surface area contributed by atoms with E-state index in [4.69, 9.17) is 0 Å². The van der Waals surface area contributed by atoms with Gasteiger partial charge in [-0.15, -0.1) is 0 Å². The van der Waals surface area contributed by atoms with E-state index >= 15 is 0 Å². The molecular weight excluding hydrogens is 292 g/mol. The van der Waals surface area contributed by atoms with Gasteiger partial charge in [-0.3, -0.25) is 4.79 Å². The van der Waals surface area contributed by atoms with Crippen molar-refractivity contribution in [3.8, 4) is 0 Å². The number of carbonyl (C=O) groups is 2. The van der Waals surface area contributed by atoms with Crippen LogP contribution in [0.1, 0.15) is 24.2 Å². The Hall–Kier alpha value is -2.18. The molecule has 1 aliphatic rings. The van der Waals surface area contributed by atoms with Crippen molar-refractivity contribution in [2.45, 2.75) is 19.9 Å². The van der Waals surface area contributed by atoms with Gasteiger partial charge in [0.25, 0.3) is 5.91 Å². The van der Waals surface area contributed by atoms with Gasteiger partial charge in [0, 0.05) is 37.8 Å². The average Bonchev–Trinajstić information content (AvgIpc) is 2.49. The number of rotatable bonds is 2. The zero-order valence-electron chi connectivity index (χ0n) is 12.6. The molecule has 1 heterocycles. The van der Waals surface area contributed by atoms with E-state index in [1.807, 2.05) is 13.8 Å². The second-order valence-corrected chi connectivity index (χ2v) is 5.51. The molecule has 0 aliphatic carbocycles. The molecule has 7 heteroatoms. The normalized spacial score (nSPS) is 15.1. The molecule has 1 aromatic carbocycles. The van der Waals surface area contributed by atoms with E-state index in [-0.39, 0.29) is 23.5 Å². The molecule has 0 saturated carbocycles. The van der Waals surface area contributed by atoms with Crippen LogP contribution in [0.3, 0.4) is 0 Å². The molecule has 0 bridgehead atoms. The Kier molecular flexibility index (Phi) is 4.95. The van der Waals surface area contributed by atoms with E-state index in [1.165, 1.54) is 11.0 Å². The highest BCUT2D eigenvalue weighted by Gasteiger charge is 2.25. The van der Waals surface area contributed by atoms with E-state index < -0.39 is 11.6 Å². The minimum Gasteiger partial charge on any atom is -0.336 e. The van der Waals surface area contributed by atoms with Crippen LogP contribution in [0, 0.1) is 11.6 Å². The van der Waals surface area contributed by atoms with Crippen LogP contribution < -0.4 is 5.32 Å². The highest BCUT2D eigenvalue weighted by molar-refractivity contribution is 5.94. The first-order valence-electron chi connectivity index (χ1n) is 7.18. The molecule has 0 unspecified atom stereocenters. The quantitative estimate of drug-likeness (QED) is 0.906. The molecule has 5 nitrogen and oxygen atoms in total. The largest absolute Gasteiger partial charge is 0.336 e. The number of hydrogen-bond acceptors (Lipinski definition) is 2. The number of nitrogens with zero attached hydrogens (tertiary/aromatic N) is 2. The molecule has 22 heavy (non-hydrogen) atoms. The van der Waals surface area contributed by atoms with Crippen LogP contribution in [-0.4, -0.2) is 54.0 Å². The molecule has 120 valence electrons. The molecule has 1 aromatic rings. The van der Waals surface area contributed by atoms with E-state index in [1.54, 1.807) is 4.90 Å². The lowest BCUT2D eigenvalue weighted by Crippen LogP contribution is -2.54. The third-order valence-corrected chi connectivity index (χ3v) is 3.43. The maximum Gasteiger partial charge on any atom is 0.317 e. The van der Waals surface area contributed by atoms with Crippen LogP contribution in [0.15, 0.2) is 18.2 Å². The van der Waals surface area contributed by atoms with Crippen molar-refractivity contribution >= 4 is 11.9 Å². The molecule has 0 spiro atoms. The molecular formula is C15H19F2N3O2. The van der Waals surface area contributed by atoms with Gasteiger partial charge < -0.3 is 15.1 Å². The highest BCUT2D eigenvalue weighted by atomic mass is 19.2. The van der Waals surface area contributed by atoms with Crippen molar-refractivity contribution < 1.29 is 18.4 Å². The lowest BCUT2D eigenvalue weighted by atomic mass is 10.1. The molecule has 2 rings (SSSR count). The van der Waals surface area contributed by atoms with Crippen molar-refractivity contribution in [3.63, 3.8) is 0 Å². The third-order valence-electron chi connectivity index (χ3n) is 3.43. The molecule has 0 radical (unpaired) electrons. The summed E-state index contributed by atoms with van der Waals surface area (Å²) >= 11 is 0. The predicted octanol–water partition coefficient (Wildman–Crippen LogP) is 1.84. The zero-order chi connectivity index (χ0) is 16.3. The third kappa shape index (κ3) is 3.72. The molecule has 0 atom stereocenters. The number of nitrogens with one attached hydrogen (secondary N) is 1. The van der Waals surface area contributed by atoms with E-state index in [2.05, 4.69) is 5.32 Å². The number of hydrogen-bond donors (Lipinski definition) is 1. The Morgan fingerprint density at radius 3 is 2.18 bits per heavy atom. The lowest BCUT2D eigenvalue weighted by molar-refractivity contribution is 0.0663. The Morgan fingerprint density at radius 1 is 1.05 bits per heavy atom. The van der Waals surface area contributed by atoms with Crippen LogP contribution in [-0.2, 0) is 0 Å². The summed E-state index contributed by atoms with van der Waals surface area (Å²) in [5.74, 6) is -2.38. The van der Waals surface area contributed by atoms with Gasteiger partial charge in [-0.2, -0.15) is 0 Å².